The summed E-state index contributed by atoms with van der Waals surface area (Å²) in [6.45, 7) is 5.63. The van der Waals surface area contributed by atoms with Gasteiger partial charge in [-0.2, -0.15) is 5.10 Å². The Bertz CT molecular complexity index is 673. The number of hydrogen-bond donors (Lipinski definition) is 2. The van der Waals surface area contributed by atoms with E-state index in [2.05, 4.69) is 20.6 Å². The lowest BCUT2D eigenvalue weighted by atomic mass is 10.1. The average Bonchev–Trinajstić information content (AvgIpc) is 3.27. The highest BCUT2D eigenvalue weighted by molar-refractivity contribution is 5.92. The van der Waals surface area contributed by atoms with Crippen molar-refractivity contribution in [1.29, 1.82) is 0 Å². The van der Waals surface area contributed by atoms with E-state index < -0.39 is 0 Å². The highest BCUT2D eigenvalue weighted by Crippen LogP contribution is 2.35. The molecule has 2 aliphatic rings. The van der Waals surface area contributed by atoms with Gasteiger partial charge in [-0.3, -0.25) is 19.2 Å². The first-order valence-electron chi connectivity index (χ1n) is 10.9. The molecule has 2 atom stereocenters. The molecule has 1 aliphatic heterocycles. The van der Waals surface area contributed by atoms with Crippen molar-refractivity contribution >= 4 is 11.8 Å². The lowest BCUT2D eigenvalue weighted by molar-refractivity contribution is -0.122. The lowest BCUT2D eigenvalue weighted by Crippen LogP contribution is -2.45. The summed E-state index contributed by atoms with van der Waals surface area (Å²) in [5.41, 5.74) is 0.603. The summed E-state index contributed by atoms with van der Waals surface area (Å²) in [6, 6.07) is 2.32. The predicted molar refractivity (Wildman–Crippen MR) is 111 cm³/mol. The van der Waals surface area contributed by atoms with Gasteiger partial charge in [-0.1, -0.05) is 0 Å². The Hall–Kier alpha value is -1.93. The number of aryl methyl sites for hydroxylation is 1. The lowest BCUT2D eigenvalue weighted by Gasteiger charge is -2.30. The summed E-state index contributed by atoms with van der Waals surface area (Å²) >= 11 is 0. The molecule has 1 aromatic rings. The Kier molecular flexibility index (Phi) is 8.06. The number of rotatable bonds is 12. The van der Waals surface area contributed by atoms with E-state index in [1.54, 1.807) is 24.1 Å². The van der Waals surface area contributed by atoms with Gasteiger partial charge in [-0.05, 0) is 51.0 Å². The maximum absolute atomic E-state index is 12.5. The van der Waals surface area contributed by atoms with Crippen LogP contribution in [-0.4, -0.2) is 71.9 Å². The molecule has 0 unspecified atom stereocenters. The van der Waals surface area contributed by atoms with Gasteiger partial charge in [0.2, 0.25) is 5.91 Å². The molecule has 2 N–H and O–H groups in total. The maximum atomic E-state index is 12.5. The molecular formula is C21H35N5O3. The minimum Gasteiger partial charge on any atom is -0.385 e. The molecule has 2 amide bonds. The summed E-state index contributed by atoms with van der Waals surface area (Å²) in [4.78, 5) is 27.4. The first-order chi connectivity index (χ1) is 14.1. The molecule has 0 bridgehead atoms. The van der Waals surface area contributed by atoms with Crippen LogP contribution >= 0.6 is 0 Å². The van der Waals surface area contributed by atoms with Crippen LogP contribution < -0.4 is 10.6 Å². The Morgan fingerprint density at radius 1 is 1.21 bits per heavy atom. The van der Waals surface area contributed by atoms with E-state index in [9.17, 15) is 9.59 Å². The molecule has 29 heavy (non-hydrogen) atoms. The van der Waals surface area contributed by atoms with Crippen LogP contribution in [0.3, 0.4) is 0 Å². The number of methoxy groups -OCH3 is 1. The third-order valence-corrected chi connectivity index (χ3v) is 5.95. The highest BCUT2D eigenvalue weighted by atomic mass is 16.5. The predicted octanol–water partition coefficient (Wildman–Crippen LogP) is 1.42. The topological polar surface area (TPSA) is 88.5 Å². The minimum absolute atomic E-state index is 0.0740. The fourth-order valence-corrected chi connectivity index (χ4v) is 4.16. The fraction of sp³-hybridized carbons (Fsp3) is 0.762. The zero-order valence-electron chi connectivity index (χ0n) is 17.7. The van der Waals surface area contributed by atoms with Crippen molar-refractivity contribution < 1.29 is 14.3 Å². The fourth-order valence-electron chi connectivity index (χ4n) is 4.16. The quantitative estimate of drug-likeness (QED) is 0.514. The summed E-state index contributed by atoms with van der Waals surface area (Å²) in [7, 11) is 1.67. The molecule has 8 heteroatoms. The third-order valence-electron chi connectivity index (χ3n) is 5.95. The Morgan fingerprint density at radius 3 is 2.72 bits per heavy atom. The number of ether oxygens (including phenoxy) is 1. The second kappa shape index (κ2) is 10.7. The second-order valence-electron chi connectivity index (χ2n) is 8.17. The summed E-state index contributed by atoms with van der Waals surface area (Å²) in [6.07, 6.45) is 7.61. The maximum Gasteiger partial charge on any atom is 0.269 e. The van der Waals surface area contributed by atoms with Gasteiger partial charge < -0.3 is 15.4 Å². The van der Waals surface area contributed by atoms with Crippen molar-refractivity contribution in [1.82, 2.24) is 25.3 Å². The van der Waals surface area contributed by atoms with Crippen LogP contribution in [0, 0.1) is 5.92 Å². The van der Waals surface area contributed by atoms with Crippen LogP contribution in [0.5, 0.6) is 0 Å². The van der Waals surface area contributed by atoms with Gasteiger partial charge in [0.25, 0.3) is 5.91 Å². The highest BCUT2D eigenvalue weighted by Gasteiger charge is 2.38. The van der Waals surface area contributed by atoms with Crippen LogP contribution in [0.1, 0.15) is 55.9 Å². The van der Waals surface area contributed by atoms with Gasteiger partial charge in [0.1, 0.15) is 5.69 Å². The second-order valence-corrected chi connectivity index (χ2v) is 8.17. The van der Waals surface area contributed by atoms with Gasteiger partial charge in [0.05, 0.1) is 0 Å². The average molecular weight is 406 g/mol. The molecule has 8 nitrogen and oxygen atoms in total. The van der Waals surface area contributed by atoms with Gasteiger partial charge in [-0.15, -0.1) is 0 Å². The van der Waals surface area contributed by atoms with E-state index in [1.165, 1.54) is 12.8 Å². The van der Waals surface area contributed by atoms with Crippen LogP contribution in [-0.2, 0) is 16.1 Å². The zero-order valence-corrected chi connectivity index (χ0v) is 17.7. The van der Waals surface area contributed by atoms with Gasteiger partial charge in [0.15, 0.2) is 0 Å². The molecule has 162 valence electrons. The van der Waals surface area contributed by atoms with Crippen molar-refractivity contribution in [3.63, 3.8) is 0 Å². The van der Waals surface area contributed by atoms with Crippen LogP contribution in [0.15, 0.2) is 12.3 Å². The number of hydrogen-bond acceptors (Lipinski definition) is 5. The molecule has 1 aliphatic carbocycles. The van der Waals surface area contributed by atoms with E-state index in [-0.39, 0.29) is 17.9 Å². The Morgan fingerprint density at radius 2 is 2.00 bits per heavy atom. The molecule has 1 saturated carbocycles. The van der Waals surface area contributed by atoms with Crippen molar-refractivity contribution in [3.8, 4) is 0 Å². The number of aromatic nitrogens is 2. The van der Waals surface area contributed by atoms with E-state index in [0.717, 1.165) is 31.7 Å². The molecule has 2 fully saturated rings. The Labute approximate surface area is 173 Å². The number of amides is 2. The van der Waals surface area contributed by atoms with Gasteiger partial charge in [-0.25, -0.2) is 0 Å². The number of likely N-dealkylation sites (tertiary alicyclic amines) is 1. The van der Waals surface area contributed by atoms with Crippen molar-refractivity contribution in [2.45, 2.75) is 64.1 Å². The molecule has 3 rings (SSSR count). The first kappa shape index (κ1) is 21.8. The van der Waals surface area contributed by atoms with Gasteiger partial charge in [0, 0.05) is 64.6 Å². The number of carbonyl (C=O) groups excluding carboxylic acids is 2. The molecule has 1 aromatic heterocycles. The van der Waals surface area contributed by atoms with Crippen LogP contribution in [0.2, 0.25) is 0 Å². The number of carbonyl (C=O) groups is 2. The summed E-state index contributed by atoms with van der Waals surface area (Å²) < 4.78 is 6.74. The molecule has 1 saturated heterocycles. The number of nitrogens with one attached hydrogen (secondary N) is 2. The van der Waals surface area contributed by atoms with Crippen molar-refractivity contribution in [2.75, 3.05) is 33.4 Å². The zero-order chi connectivity index (χ0) is 20.6. The minimum atomic E-state index is -0.0740. The van der Waals surface area contributed by atoms with Crippen molar-refractivity contribution in [3.05, 3.63) is 18.0 Å². The number of nitrogens with zero attached hydrogens (tertiary/aromatic N) is 3. The molecular weight excluding hydrogens is 370 g/mol. The third kappa shape index (κ3) is 6.27. The smallest absolute Gasteiger partial charge is 0.269 e. The normalized spacial score (nSPS) is 22.0. The molecule has 0 spiro atoms. The first-order valence-corrected chi connectivity index (χ1v) is 10.9. The van der Waals surface area contributed by atoms with Crippen LogP contribution in [0.4, 0.5) is 0 Å². The molecule has 0 aromatic carbocycles. The van der Waals surface area contributed by atoms with E-state index in [1.807, 2.05) is 6.92 Å². The van der Waals surface area contributed by atoms with Gasteiger partial charge >= 0.3 is 0 Å². The molecule has 0 radical (unpaired) electrons. The Balaban J connectivity index is 1.50. The van der Waals surface area contributed by atoms with E-state index >= 15 is 0 Å². The molecule has 2 heterocycles. The van der Waals surface area contributed by atoms with E-state index in [4.69, 9.17) is 4.74 Å². The SMILES string of the molecule is CCn1nccc1C(=O)NC[C@@H]1CC[C@H](CC(=O)NCCCOC)N1CC1CC1. The van der Waals surface area contributed by atoms with E-state index in [0.29, 0.717) is 44.4 Å². The summed E-state index contributed by atoms with van der Waals surface area (Å²) in [5.74, 6) is 0.790. The monoisotopic (exact) mass is 405 g/mol. The van der Waals surface area contributed by atoms with Crippen LogP contribution in [0.25, 0.3) is 0 Å². The standard InChI is InChI=1S/C21H35N5O3/c1-3-26-19(9-11-24-26)21(28)23-14-18-8-7-17(25(18)15-16-5-6-16)13-20(27)22-10-4-12-29-2/h9,11,16-18H,3-8,10,12-15H2,1-2H3,(H,22,27)(H,23,28)/t17-,18+/m1/s1. The largest absolute Gasteiger partial charge is 0.385 e. The summed E-state index contributed by atoms with van der Waals surface area (Å²) in [5, 5.41) is 10.3. The van der Waals surface area contributed by atoms with Crippen molar-refractivity contribution in [2.24, 2.45) is 5.92 Å².